The third-order valence-electron chi connectivity index (χ3n) is 3.82. The Morgan fingerprint density at radius 2 is 1.79 bits per heavy atom. The zero-order valence-corrected chi connectivity index (χ0v) is 15.8. The van der Waals surface area contributed by atoms with Gasteiger partial charge in [0.2, 0.25) is 0 Å². The highest BCUT2D eigenvalue weighted by molar-refractivity contribution is 7.90. The van der Waals surface area contributed by atoms with Crippen molar-refractivity contribution in [2.75, 3.05) is 13.3 Å². The van der Waals surface area contributed by atoms with Crippen LogP contribution in [0.2, 0.25) is 10.0 Å². The van der Waals surface area contributed by atoms with Gasteiger partial charge >= 0.3 is 0 Å². The number of carbonyl (C=O) groups excluding carboxylic acids is 1. The van der Waals surface area contributed by atoms with Crippen molar-refractivity contribution in [3.8, 4) is 0 Å². The molecule has 0 saturated carbocycles. The fourth-order valence-corrected chi connectivity index (χ4v) is 3.52. The lowest BCUT2D eigenvalue weighted by Gasteiger charge is -2.26. The van der Waals surface area contributed by atoms with E-state index in [0.29, 0.717) is 15.6 Å². The molecule has 0 aliphatic rings. The Bertz CT molecular complexity index is 881. The van der Waals surface area contributed by atoms with Crippen LogP contribution in [0.5, 0.6) is 0 Å². The summed E-state index contributed by atoms with van der Waals surface area (Å²) >= 11 is 12.1. The second-order valence-electron chi connectivity index (χ2n) is 5.56. The van der Waals surface area contributed by atoms with Crippen LogP contribution in [0.4, 0.5) is 0 Å². The molecule has 0 bridgehead atoms. The molecule has 24 heavy (non-hydrogen) atoms. The normalized spacial score (nSPS) is 12.7. The Labute approximate surface area is 151 Å². The molecule has 0 radical (unpaired) electrons. The van der Waals surface area contributed by atoms with Crippen molar-refractivity contribution < 1.29 is 13.2 Å². The lowest BCUT2D eigenvalue weighted by atomic mass is 10.1. The van der Waals surface area contributed by atoms with Gasteiger partial charge in [0, 0.05) is 28.9 Å². The van der Waals surface area contributed by atoms with Gasteiger partial charge in [-0.3, -0.25) is 4.79 Å². The van der Waals surface area contributed by atoms with Gasteiger partial charge in [0.05, 0.1) is 10.9 Å². The summed E-state index contributed by atoms with van der Waals surface area (Å²) in [5, 5.41) is 0.991. The Morgan fingerprint density at radius 3 is 2.38 bits per heavy atom. The lowest BCUT2D eigenvalue weighted by Crippen LogP contribution is -2.30. The van der Waals surface area contributed by atoms with Gasteiger partial charge in [-0.05, 0) is 42.8 Å². The standard InChI is InChI=1S/C17H17Cl2NO3S/c1-11(15-8-7-13(18)10-16(15)19)20(2)17(21)12-5-4-6-14(9-12)24(3,22)23/h4-11H,1-3H3/t11-/m0/s1. The number of sulfone groups is 1. The van der Waals surface area contributed by atoms with E-state index in [4.69, 9.17) is 23.2 Å². The monoisotopic (exact) mass is 385 g/mol. The fourth-order valence-electron chi connectivity index (χ4n) is 2.29. The minimum atomic E-state index is -3.37. The fraction of sp³-hybridized carbons (Fsp3) is 0.235. The van der Waals surface area contributed by atoms with Crippen molar-refractivity contribution in [3.05, 3.63) is 63.6 Å². The molecule has 0 heterocycles. The minimum absolute atomic E-state index is 0.110. The molecule has 4 nitrogen and oxygen atoms in total. The molecule has 2 aromatic rings. The van der Waals surface area contributed by atoms with E-state index < -0.39 is 9.84 Å². The van der Waals surface area contributed by atoms with Gasteiger partial charge in [0.15, 0.2) is 9.84 Å². The Kier molecular flexibility index (Phi) is 5.58. The number of carbonyl (C=O) groups is 1. The highest BCUT2D eigenvalue weighted by atomic mass is 35.5. The molecule has 2 rings (SSSR count). The molecule has 0 N–H and O–H groups in total. The number of amides is 1. The van der Waals surface area contributed by atoms with Gasteiger partial charge in [-0.1, -0.05) is 35.3 Å². The quantitative estimate of drug-likeness (QED) is 0.790. The van der Waals surface area contributed by atoms with Gasteiger partial charge in [0.25, 0.3) is 5.91 Å². The molecule has 2 aromatic carbocycles. The molecule has 7 heteroatoms. The maximum atomic E-state index is 12.7. The zero-order chi connectivity index (χ0) is 18.1. The molecule has 0 saturated heterocycles. The van der Waals surface area contributed by atoms with E-state index in [0.717, 1.165) is 11.8 Å². The van der Waals surface area contributed by atoms with E-state index in [1.54, 1.807) is 37.4 Å². The van der Waals surface area contributed by atoms with Crippen LogP contribution in [-0.2, 0) is 9.84 Å². The van der Waals surface area contributed by atoms with Crippen LogP contribution in [0.3, 0.4) is 0 Å². The number of hydrogen-bond donors (Lipinski definition) is 0. The summed E-state index contributed by atoms with van der Waals surface area (Å²) < 4.78 is 23.3. The molecule has 1 atom stereocenters. The molecule has 0 spiro atoms. The summed E-state index contributed by atoms with van der Waals surface area (Å²) in [6.45, 7) is 1.84. The van der Waals surface area contributed by atoms with Gasteiger partial charge in [0.1, 0.15) is 0 Å². The number of halogens is 2. The SMILES string of the molecule is C[C@@H](c1ccc(Cl)cc1Cl)N(C)C(=O)c1cccc(S(C)(=O)=O)c1. The van der Waals surface area contributed by atoms with E-state index in [9.17, 15) is 13.2 Å². The van der Waals surface area contributed by atoms with Crippen molar-refractivity contribution in [2.45, 2.75) is 17.9 Å². The third-order valence-corrected chi connectivity index (χ3v) is 5.50. The molecule has 0 aliphatic carbocycles. The highest BCUT2D eigenvalue weighted by Crippen LogP contribution is 2.30. The molecule has 128 valence electrons. The molecule has 0 aromatic heterocycles. The maximum absolute atomic E-state index is 12.7. The van der Waals surface area contributed by atoms with Crippen LogP contribution < -0.4 is 0 Å². The van der Waals surface area contributed by atoms with Crippen LogP contribution >= 0.6 is 23.2 Å². The van der Waals surface area contributed by atoms with Gasteiger partial charge in [-0.15, -0.1) is 0 Å². The lowest BCUT2D eigenvalue weighted by molar-refractivity contribution is 0.0742. The summed E-state index contributed by atoms with van der Waals surface area (Å²) in [5.41, 5.74) is 1.06. The number of rotatable bonds is 4. The summed E-state index contributed by atoms with van der Waals surface area (Å²) in [6.07, 6.45) is 1.11. The van der Waals surface area contributed by atoms with Crippen LogP contribution in [0.15, 0.2) is 47.4 Å². The van der Waals surface area contributed by atoms with Crippen LogP contribution in [0, 0.1) is 0 Å². The third kappa shape index (κ3) is 4.09. The van der Waals surface area contributed by atoms with Crippen molar-refractivity contribution in [1.82, 2.24) is 4.90 Å². The molecular formula is C17H17Cl2NO3S. The predicted molar refractivity (Wildman–Crippen MR) is 96.5 cm³/mol. The Hall–Kier alpha value is -1.56. The smallest absolute Gasteiger partial charge is 0.254 e. The average Bonchev–Trinajstić information content (AvgIpc) is 2.52. The van der Waals surface area contributed by atoms with Crippen LogP contribution in [0.1, 0.15) is 28.9 Å². The predicted octanol–water partition coefficient (Wildman–Crippen LogP) is 4.23. The molecule has 1 amide bonds. The van der Waals surface area contributed by atoms with Crippen LogP contribution in [-0.4, -0.2) is 32.5 Å². The second kappa shape index (κ2) is 7.13. The highest BCUT2D eigenvalue weighted by Gasteiger charge is 2.22. The first-order valence-corrected chi connectivity index (χ1v) is 9.78. The van der Waals surface area contributed by atoms with E-state index in [1.807, 2.05) is 6.92 Å². The Balaban J connectivity index is 2.32. The summed E-state index contributed by atoms with van der Waals surface area (Å²) in [6, 6.07) is 10.8. The number of hydrogen-bond acceptors (Lipinski definition) is 3. The number of nitrogens with zero attached hydrogens (tertiary/aromatic N) is 1. The van der Waals surface area contributed by atoms with Crippen molar-refractivity contribution in [3.63, 3.8) is 0 Å². The molecule has 0 fully saturated rings. The van der Waals surface area contributed by atoms with E-state index in [-0.39, 0.29) is 16.8 Å². The average molecular weight is 386 g/mol. The minimum Gasteiger partial charge on any atom is -0.335 e. The van der Waals surface area contributed by atoms with Crippen molar-refractivity contribution >= 4 is 38.9 Å². The molecule has 0 unspecified atom stereocenters. The molecule has 0 aliphatic heterocycles. The summed E-state index contributed by atoms with van der Waals surface area (Å²) in [5.74, 6) is -0.293. The van der Waals surface area contributed by atoms with Crippen LogP contribution in [0.25, 0.3) is 0 Å². The largest absolute Gasteiger partial charge is 0.335 e. The summed E-state index contributed by atoms with van der Waals surface area (Å²) in [7, 11) is -1.73. The van der Waals surface area contributed by atoms with Gasteiger partial charge in [-0.25, -0.2) is 8.42 Å². The van der Waals surface area contributed by atoms with E-state index >= 15 is 0 Å². The van der Waals surface area contributed by atoms with E-state index in [1.165, 1.54) is 17.0 Å². The zero-order valence-electron chi connectivity index (χ0n) is 13.5. The Morgan fingerprint density at radius 1 is 1.12 bits per heavy atom. The molecular weight excluding hydrogens is 369 g/mol. The summed E-state index contributed by atoms with van der Waals surface area (Å²) in [4.78, 5) is 14.3. The topological polar surface area (TPSA) is 54.5 Å². The van der Waals surface area contributed by atoms with Crippen molar-refractivity contribution in [1.29, 1.82) is 0 Å². The maximum Gasteiger partial charge on any atom is 0.254 e. The first-order valence-electron chi connectivity index (χ1n) is 7.13. The number of benzene rings is 2. The van der Waals surface area contributed by atoms with Gasteiger partial charge in [-0.2, -0.15) is 0 Å². The van der Waals surface area contributed by atoms with Gasteiger partial charge < -0.3 is 4.90 Å². The second-order valence-corrected chi connectivity index (χ2v) is 8.42. The first kappa shape index (κ1) is 18.8. The van der Waals surface area contributed by atoms with E-state index in [2.05, 4.69) is 0 Å². The van der Waals surface area contributed by atoms with Crippen molar-refractivity contribution in [2.24, 2.45) is 0 Å². The first-order chi connectivity index (χ1) is 11.1.